The fourth-order valence-corrected chi connectivity index (χ4v) is 9.07. The van der Waals surface area contributed by atoms with Gasteiger partial charge in [0.15, 0.2) is 9.84 Å². The smallest absolute Gasteiger partial charge is 0.264 e. The van der Waals surface area contributed by atoms with E-state index in [1.165, 1.54) is 0 Å². The van der Waals surface area contributed by atoms with Crippen LogP contribution in [0.4, 0.5) is 5.69 Å². The Kier molecular flexibility index (Phi) is 15.1. The van der Waals surface area contributed by atoms with E-state index in [1.54, 1.807) is 36.5 Å². The summed E-state index contributed by atoms with van der Waals surface area (Å²) in [5, 5.41) is 7.18. The molecule has 0 saturated carbocycles. The van der Waals surface area contributed by atoms with Crippen LogP contribution in [-0.4, -0.2) is 126 Å². The SMILES string of the molecule is Cc1ncc(-c2ccnc(Cc3ccc(S(=O)(=O)CCCC4=CN(CCOCCOCCOCCNc5cccc6c5C(=O)N(C5CCC(=O)NC5=O)C6=O)NN4)cc3)n2)n1C(C)C. The summed E-state index contributed by atoms with van der Waals surface area (Å²) in [5.41, 5.74) is 10.5. The highest BCUT2D eigenvalue weighted by Gasteiger charge is 2.45. The number of carbonyl (C=O) groups is 4. The molecule has 1 atom stereocenters. The summed E-state index contributed by atoms with van der Waals surface area (Å²) in [6, 6.07) is 12.9. The first-order valence-electron chi connectivity index (χ1n) is 21.4. The lowest BCUT2D eigenvalue weighted by atomic mass is 10.0. The zero-order valence-corrected chi connectivity index (χ0v) is 37.0. The van der Waals surface area contributed by atoms with E-state index < -0.39 is 39.5 Å². The standard InChI is InChI=1S/C44H54N10O9S/c1-29(2)53-30(3)47-27-38(53)35-15-16-46-39(48-35)26-31-9-11-33(12-10-31)64(59,60)25-5-6-32-28-52(51-50-32)18-20-62-22-24-63-23-21-61-19-17-45-36-8-4-7-34-41(36)44(58)54(43(34)57)37-13-14-40(55)49-42(37)56/h4,7-12,15-16,27-29,37,45,50-51H,5-6,13-14,17-26H2,1-3H3,(H,49,55,56). The average Bonchev–Trinajstić information content (AvgIpc) is 3.97. The topological polar surface area (TPSA) is 228 Å². The predicted octanol–water partition coefficient (Wildman–Crippen LogP) is 3.10. The van der Waals surface area contributed by atoms with Crippen molar-refractivity contribution in [1.29, 1.82) is 0 Å². The van der Waals surface area contributed by atoms with E-state index in [-0.39, 0.29) is 40.7 Å². The van der Waals surface area contributed by atoms with Gasteiger partial charge < -0.3 is 29.5 Å². The zero-order valence-electron chi connectivity index (χ0n) is 36.2. The van der Waals surface area contributed by atoms with Gasteiger partial charge >= 0.3 is 0 Å². The Balaban J connectivity index is 0.727. The Hall–Kier alpha value is -6.06. The van der Waals surface area contributed by atoms with Crippen molar-refractivity contribution in [3.63, 3.8) is 0 Å². The number of benzene rings is 2. The number of anilines is 1. The van der Waals surface area contributed by atoms with Gasteiger partial charge in [-0.2, -0.15) is 0 Å². The minimum atomic E-state index is -3.47. The van der Waals surface area contributed by atoms with E-state index in [0.717, 1.165) is 33.4 Å². The van der Waals surface area contributed by atoms with Crippen molar-refractivity contribution in [2.75, 3.05) is 63.8 Å². The molecule has 3 aliphatic rings. The van der Waals surface area contributed by atoms with E-state index >= 15 is 0 Å². The van der Waals surface area contributed by atoms with Crippen LogP contribution in [0.1, 0.15) is 83.5 Å². The molecule has 0 bridgehead atoms. The van der Waals surface area contributed by atoms with Crippen molar-refractivity contribution >= 4 is 39.2 Å². The molecule has 4 N–H and O–H groups in total. The molecule has 0 radical (unpaired) electrons. The molecule has 19 nitrogen and oxygen atoms in total. The molecule has 20 heteroatoms. The van der Waals surface area contributed by atoms with E-state index in [4.69, 9.17) is 19.2 Å². The number of hydrogen-bond donors (Lipinski definition) is 4. The number of aryl methyl sites for hydroxylation is 1. The predicted molar refractivity (Wildman–Crippen MR) is 234 cm³/mol. The van der Waals surface area contributed by atoms with E-state index in [9.17, 15) is 27.6 Å². The van der Waals surface area contributed by atoms with Crippen LogP contribution in [-0.2, 0) is 40.1 Å². The van der Waals surface area contributed by atoms with Crippen molar-refractivity contribution in [3.05, 3.63) is 101 Å². The zero-order chi connectivity index (χ0) is 45.2. The summed E-state index contributed by atoms with van der Waals surface area (Å²) in [7, 11) is -3.47. The lowest BCUT2D eigenvalue weighted by Crippen LogP contribution is -2.54. The molecule has 7 rings (SSSR count). The monoisotopic (exact) mass is 898 g/mol. The number of hydrazine groups is 2. The van der Waals surface area contributed by atoms with Crippen LogP contribution in [0.25, 0.3) is 11.4 Å². The molecule has 5 heterocycles. The van der Waals surface area contributed by atoms with Crippen LogP contribution in [0.3, 0.4) is 0 Å². The number of fused-ring (bicyclic) bond motifs is 1. The van der Waals surface area contributed by atoms with Crippen LogP contribution < -0.4 is 21.6 Å². The van der Waals surface area contributed by atoms with Gasteiger partial charge in [0.2, 0.25) is 11.8 Å². The second kappa shape index (κ2) is 21.1. The maximum Gasteiger partial charge on any atom is 0.264 e. The van der Waals surface area contributed by atoms with Gasteiger partial charge in [-0.3, -0.25) is 34.4 Å². The maximum atomic E-state index is 13.2. The molecular weight excluding hydrogens is 845 g/mol. The second-order valence-corrected chi connectivity index (χ2v) is 17.9. The van der Waals surface area contributed by atoms with Gasteiger partial charge in [-0.1, -0.05) is 18.2 Å². The number of imide groups is 2. The van der Waals surface area contributed by atoms with Crippen molar-refractivity contribution in [2.45, 2.75) is 69.9 Å². The highest BCUT2D eigenvalue weighted by atomic mass is 32.2. The van der Waals surface area contributed by atoms with E-state index in [0.29, 0.717) is 83.5 Å². The number of piperidine rings is 1. The van der Waals surface area contributed by atoms with Crippen LogP contribution in [0, 0.1) is 6.92 Å². The van der Waals surface area contributed by atoms with E-state index in [2.05, 4.69) is 50.0 Å². The molecule has 340 valence electrons. The Labute approximate surface area is 371 Å². The van der Waals surface area contributed by atoms with Crippen molar-refractivity contribution < 1.29 is 41.8 Å². The molecule has 4 aromatic rings. The fraction of sp³-hybridized carbons (Fsp3) is 0.432. The first-order chi connectivity index (χ1) is 30.9. The van der Waals surface area contributed by atoms with Crippen LogP contribution >= 0.6 is 0 Å². The van der Waals surface area contributed by atoms with Crippen LogP contribution in [0.15, 0.2) is 77.7 Å². The Bertz CT molecular complexity index is 2470. The summed E-state index contributed by atoms with van der Waals surface area (Å²) >= 11 is 0. The van der Waals surface area contributed by atoms with Gasteiger partial charge in [0.1, 0.15) is 17.7 Å². The fourth-order valence-electron chi connectivity index (χ4n) is 7.76. The summed E-state index contributed by atoms with van der Waals surface area (Å²) in [6.45, 7) is 9.37. The van der Waals surface area contributed by atoms with Crippen molar-refractivity contribution in [3.8, 4) is 11.4 Å². The number of carbonyl (C=O) groups excluding carboxylic acids is 4. The minimum absolute atomic E-state index is 0.0137. The molecular formula is C44H54N10O9S. The van der Waals surface area contributed by atoms with E-state index in [1.807, 2.05) is 42.5 Å². The van der Waals surface area contributed by atoms with Gasteiger partial charge in [0.25, 0.3) is 11.8 Å². The Morgan fingerprint density at radius 2 is 1.66 bits per heavy atom. The van der Waals surface area contributed by atoms with Gasteiger partial charge in [0.05, 0.1) is 85.5 Å². The molecule has 0 aliphatic carbocycles. The maximum absolute atomic E-state index is 13.2. The molecule has 64 heavy (non-hydrogen) atoms. The lowest BCUT2D eigenvalue weighted by Gasteiger charge is -2.27. The number of ether oxygens (including phenoxy) is 3. The van der Waals surface area contributed by atoms with Crippen molar-refractivity contribution in [1.82, 2.24) is 45.7 Å². The number of allylic oxidation sites excluding steroid dienone is 1. The van der Waals surface area contributed by atoms with Gasteiger partial charge in [0, 0.05) is 49.2 Å². The third-order valence-corrected chi connectivity index (χ3v) is 12.7. The molecule has 1 saturated heterocycles. The number of imidazole rings is 1. The molecule has 3 aliphatic heterocycles. The molecule has 2 aromatic carbocycles. The van der Waals surface area contributed by atoms with Crippen LogP contribution in [0.5, 0.6) is 0 Å². The number of sulfone groups is 1. The number of amides is 4. The first kappa shape index (κ1) is 45.9. The Morgan fingerprint density at radius 1 is 0.906 bits per heavy atom. The first-order valence-corrected chi connectivity index (χ1v) is 23.0. The average molecular weight is 899 g/mol. The molecule has 1 unspecified atom stereocenters. The number of rotatable bonds is 23. The van der Waals surface area contributed by atoms with Crippen LogP contribution in [0.2, 0.25) is 0 Å². The number of aromatic nitrogens is 4. The third kappa shape index (κ3) is 11.2. The number of hydrogen-bond acceptors (Lipinski definition) is 16. The summed E-state index contributed by atoms with van der Waals surface area (Å²) in [4.78, 5) is 65.1. The summed E-state index contributed by atoms with van der Waals surface area (Å²) < 4.78 is 45.4. The Morgan fingerprint density at radius 3 is 2.41 bits per heavy atom. The van der Waals surface area contributed by atoms with Gasteiger partial charge in [-0.05, 0) is 75.9 Å². The number of nitrogens with zero attached hydrogens (tertiary/aromatic N) is 6. The minimum Gasteiger partial charge on any atom is -0.382 e. The quantitative estimate of drug-likeness (QED) is 0.0620. The molecule has 4 amide bonds. The molecule has 2 aromatic heterocycles. The van der Waals surface area contributed by atoms with Gasteiger partial charge in [-0.25, -0.2) is 23.4 Å². The normalized spacial score (nSPS) is 16.4. The van der Waals surface area contributed by atoms with Gasteiger partial charge in [-0.15, -0.1) is 5.53 Å². The second-order valence-electron chi connectivity index (χ2n) is 15.8. The van der Waals surface area contributed by atoms with Crippen molar-refractivity contribution in [2.24, 2.45) is 0 Å². The number of nitrogens with one attached hydrogen (secondary N) is 4. The lowest BCUT2D eigenvalue weighted by molar-refractivity contribution is -0.136. The highest BCUT2D eigenvalue weighted by molar-refractivity contribution is 7.91. The largest absolute Gasteiger partial charge is 0.382 e. The molecule has 0 spiro atoms. The summed E-state index contributed by atoms with van der Waals surface area (Å²) in [6.07, 6.45) is 7.09. The molecule has 1 fully saturated rings. The third-order valence-electron chi connectivity index (χ3n) is 10.9. The summed E-state index contributed by atoms with van der Waals surface area (Å²) in [5.74, 6) is -0.628. The highest BCUT2D eigenvalue weighted by Crippen LogP contribution is 2.32.